The van der Waals surface area contributed by atoms with E-state index in [2.05, 4.69) is 20.8 Å². The van der Waals surface area contributed by atoms with E-state index in [1.54, 1.807) is 0 Å². The van der Waals surface area contributed by atoms with Gasteiger partial charge in [-0.25, -0.2) is 0 Å². The van der Waals surface area contributed by atoms with Gasteiger partial charge < -0.3 is 15.2 Å². The summed E-state index contributed by atoms with van der Waals surface area (Å²) in [6.45, 7) is 9.53. The first-order valence-corrected chi connectivity index (χ1v) is 6.60. The molecule has 0 aliphatic rings. The molecule has 18 heavy (non-hydrogen) atoms. The Kier molecular flexibility index (Phi) is 5.48. The smallest absolute Gasteiger partial charge is 0.123 e. The summed E-state index contributed by atoms with van der Waals surface area (Å²) in [5, 5.41) is 0. The topological polar surface area (TPSA) is 44.5 Å². The Morgan fingerprint density at radius 2 is 1.83 bits per heavy atom. The second-order valence-corrected chi connectivity index (χ2v) is 5.27. The van der Waals surface area contributed by atoms with Crippen LogP contribution in [0.3, 0.4) is 0 Å². The molecule has 0 aliphatic heterocycles. The van der Waals surface area contributed by atoms with Gasteiger partial charge in [0, 0.05) is 11.6 Å². The van der Waals surface area contributed by atoms with Gasteiger partial charge in [0.15, 0.2) is 0 Å². The van der Waals surface area contributed by atoms with E-state index in [0.29, 0.717) is 12.5 Å². The Balaban J connectivity index is 2.57. The molecule has 0 radical (unpaired) electrons. The van der Waals surface area contributed by atoms with Gasteiger partial charge in [0.2, 0.25) is 0 Å². The van der Waals surface area contributed by atoms with Gasteiger partial charge in [0.1, 0.15) is 18.1 Å². The average molecular weight is 251 g/mol. The largest absolute Gasteiger partial charge is 0.493 e. The summed E-state index contributed by atoms with van der Waals surface area (Å²) in [6.07, 6.45) is 0.999. The predicted molar refractivity (Wildman–Crippen MR) is 75.2 cm³/mol. The van der Waals surface area contributed by atoms with Crippen molar-refractivity contribution in [2.45, 2.75) is 39.7 Å². The molecule has 0 amide bonds. The van der Waals surface area contributed by atoms with Gasteiger partial charge in [0.05, 0.1) is 6.61 Å². The highest BCUT2D eigenvalue weighted by Gasteiger charge is 2.23. The number of nitrogens with two attached hydrogens (primary N) is 1. The fourth-order valence-corrected chi connectivity index (χ4v) is 1.28. The third-order valence-electron chi connectivity index (χ3n) is 3.15. The highest BCUT2D eigenvalue weighted by molar-refractivity contribution is 5.33. The van der Waals surface area contributed by atoms with E-state index in [9.17, 15) is 0 Å². The lowest BCUT2D eigenvalue weighted by atomic mass is 9.91. The average Bonchev–Trinajstić information content (AvgIpc) is 2.34. The van der Waals surface area contributed by atoms with Crippen LogP contribution in [0.25, 0.3) is 0 Å². The molecule has 0 heterocycles. The van der Waals surface area contributed by atoms with Gasteiger partial charge in [-0.3, -0.25) is 0 Å². The van der Waals surface area contributed by atoms with E-state index < -0.39 is 0 Å². The van der Waals surface area contributed by atoms with Crippen LogP contribution in [0.1, 0.15) is 34.1 Å². The second-order valence-electron chi connectivity index (χ2n) is 5.27. The molecular formula is C15H25NO2. The maximum absolute atomic E-state index is 6.17. The highest BCUT2D eigenvalue weighted by Crippen LogP contribution is 2.21. The van der Waals surface area contributed by atoms with Crippen LogP contribution in [0.4, 0.5) is 0 Å². The van der Waals surface area contributed by atoms with E-state index in [1.165, 1.54) is 0 Å². The van der Waals surface area contributed by atoms with Crippen LogP contribution in [-0.4, -0.2) is 18.8 Å². The van der Waals surface area contributed by atoms with Crippen molar-refractivity contribution in [2.75, 3.05) is 13.2 Å². The monoisotopic (exact) mass is 251 g/mol. The summed E-state index contributed by atoms with van der Waals surface area (Å²) in [5.41, 5.74) is 5.85. The molecule has 0 bridgehead atoms. The Morgan fingerprint density at radius 3 is 2.39 bits per heavy atom. The Morgan fingerprint density at radius 1 is 1.22 bits per heavy atom. The summed E-state index contributed by atoms with van der Waals surface area (Å²) in [7, 11) is 0. The Bertz CT molecular complexity index is 361. The molecular weight excluding hydrogens is 226 g/mol. The SMILES string of the molecule is CCCOc1cccc(OCC(C)(N)C(C)C)c1. The molecule has 0 aromatic heterocycles. The van der Waals surface area contributed by atoms with Crippen molar-refractivity contribution in [2.24, 2.45) is 11.7 Å². The fourth-order valence-electron chi connectivity index (χ4n) is 1.28. The minimum atomic E-state index is -0.319. The summed E-state index contributed by atoms with van der Waals surface area (Å²) in [5.74, 6) is 2.02. The lowest BCUT2D eigenvalue weighted by molar-refractivity contribution is 0.187. The van der Waals surface area contributed by atoms with Crippen molar-refractivity contribution >= 4 is 0 Å². The van der Waals surface area contributed by atoms with Crippen LogP contribution in [-0.2, 0) is 0 Å². The Labute approximate surface area is 110 Å². The van der Waals surface area contributed by atoms with Crippen LogP contribution in [0.15, 0.2) is 24.3 Å². The second kappa shape index (κ2) is 6.64. The van der Waals surface area contributed by atoms with Crippen LogP contribution < -0.4 is 15.2 Å². The molecule has 0 spiro atoms. The molecule has 3 heteroatoms. The first kappa shape index (κ1) is 14.8. The first-order chi connectivity index (χ1) is 8.45. The zero-order valence-electron chi connectivity index (χ0n) is 11.9. The number of rotatable bonds is 7. The molecule has 2 N–H and O–H groups in total. The van der Waals surface area contributed by atoms with Crippen molar-refractivity contribution in [3.8, 4) is 11.5 Å². The van der Waals surface area contributed by atoms with E-state index in [1.807, 2.05) is 31.2 Å². The number of hydrogen-bond acceptors (Lipinski definition) is 3. The molecule has 1 aromatic rings. The fraction of sp³-hybridized carbons (Fsp3) is 0.600. The number of ether oxygens (including phenoxy) is 2. The van der Waals surface area contributed by atoms with Crippen molar-refractivity contribution in [3.63, 3.8) is 0 Å². The molecule has 1 unspecified atom stereocenters. The minimum absolute atomic E-state index is 0.319. The van der Waals surface area contributed by atoms with E-state index >= 15 is 0 Å². The molecule has 1 rings (SSSR count). The lowest BCUT2D eigenvalue weighted by Crippen LogP contribution is -2.47. The normalized spacial score (nSPS) is 14.3. The summed E-state index contributed by atoms with van der Waals surface area (Å²) < 4.78 is 11.3. The van der Waals surface area contributed by atoms with E-state index in [-0.39, 0.29) is 5.54 Å². The summed E-state index contributed by atoms with van der Waals surface area (Å²) >= 11 is 0. The van der Waals surface area contributed by atoms with E-state index in [0.717, 1.165) is 24.5 Å². The maximum Gasteiger partial charge on any atom is 0.123 e. The zero-order chi connectivity index (χ0) is 13.6. The van der Waals surface area contributed by atoms with Crippen LogP contribution in [0, 0.1) is 5.92 Å². The van der Waals surface area contributed by atoms with Crippen LogP contribution >= 0.6 is 0 Å². The maximum atomic E-state index is 6.17. The van der Waals surface area contributed by atoms with Gasteiger partial charge in [-0.05, 0) is 31.4 Å². The quantitative estimate of drug-likeness (QED) is 0.809. The molecule has 1 aromatic carbocycles. The summed E-state index contributed by atoms with van der Waals surface area (Å²) in [4.78, 5) is 0. The van der Waals surface area contributed by atoms with Crippen molar-refractivity contribution in [1.82, 2.24) is 0 Å². The van der Waals surface area contributed by atoms with Crippen LogP contribution in [0.5, 0.6) is 11.5 Å². The van der Waals surface area contributed by atoms with E-state index in [4.69, 9.17) is 15.2 Å². The molecule has 0 saturated heterocycles. The van der Waals surface area contributed by atoms with Crippen LogP contribution in [0.2, 0.25) is 0 Å². The third kappa shape index (κ3) is 4.57. The van der Waals surface area contributed by atoms with Gasteiger partial charge in [-0.2, -0.15) is 0 Å². The molecule has 102 valence electrons. The number of benzene rings is 1. The summed E-state index contributed by atoms with van der Waals surface area (Å²) in [6, 6.07) is 7.71. The lowest BCUT2D eigenvalue weighted by Gasteiger charge is -2.28. The predicted octanol–water partition coefficient (Wildman–Crippen LogP) is 3.23. The van der Waals surface area contributed by atoms with Gasteiger partial charge >= 0.3 is 0 Å². The van der Waals surface area contributed by atoms with Gasteiger partial charge in [0.25, 0.3) is 0 Å². The molecule has 0 fully saturated rings. The first-order valence-electron chi connectivity index (χ1n) is 6.60. The minimum Gasteiger partial charge on any atom is -0.493 e. The van der Waals surface area contributed by atoms with Gasteiger partial charge in [-0.15, -0.1) is 0 Å². The van der Waals surface area contributed by atoms with Crippen molar-refractivity contribution in [3.05, 3.63) is 24.3 Å². The van der Waals surface area contributed by atoms with Crippen molar-refractivity contribution in [1.29, 1.82) is 0 Å². The standard InChI is InChI=1S/C15H25NO2/c1-5-9-17-13-7-6-8-14(10-13)18-11-15(4,16)12(2)3/h6-8,10,12H,5,9,11,16H2,1-4H3. The van der Waals surface area contributed by atoms with Crippen molar-refractivity contribution < 1.29 is 9.47 Å². The number of hydrogen-bond donors (Lipinski definition) is 1. The Hall–Kier alpha value is -1.22. The molecule has 0 aliphatic carbocycles. The molecule has 0 saturated carbocycles. The highest BCUT2D eigenvalue weighted by atomic mass is 16.5. The molecule has 3 nitrogen and oxygen atoms in total. The molecule has 1 atom stereocenters. The third-order valence-corrected chi connectivity index (χ3v) is 3.15. The van der Waals surface area contributed by atoms with Gasteiger partial charge in [-0.1, -0.05) is 26.8 Å². The zero-order valence-corrected chi connectivity index (χ0v) is 11.9.